The second kappa shape index (κ2) is 5.68. The summed E-state index contributed by atoms with van der Waals surface area (Å²) >= 11 is 5.96. The average molecular weight is 276 g/mol. The minimum Gasteiger partial charge on any atom is -0.308 e. The van der Waals surface area contributed by atoms with Gasteiger partial charge in [0.15, 0.2) is 5.82 Å². The van der Waals surface area contributed by atoms with Gasteiger partial charge in [-0.25, -0.2) is 9.97 Å². The van der Waals surface area contributed by atoms with Crippen molar-refractivity contribution < 1.29 is 0 Å². The van der Waals surface area contributed by atoms with Gasteiger partial charge in [-0.05, 0) is 32.9 Å². The molecular weight excluding hydrogens is 258 g/mol. The lowest BCUT2D eigenvalue weighted by molar-refractivity contribution is 0.423. The van der Waals surface area contributed by atoms with Gasteiger partial charge in [0.2, 0.25) is 0 Å². The van der Waals surface area contributed by atoms with Crippen molar-refractivity contribution in [1.29, 1.82) is 0 Å². The highest BCUT2D eigenvalue weighted by Crippen LogP contribution is 2.19. The van der Waals surface area contributed by atoms with Crippen LogP contribution in [0.15, 0.2) is 36.7 Å². The van der Waals surface area contributed by atoms with Crippen LogP contribution in [-0.4, -0.2) is 15.5 Å². The Kier molecular flexibility index (Phi) is 4.17. The SMILES string of the molecule is CC(C)(C)NCc1cnc(-c2cccc(Cl)c2)nc1. The molecule has 0 fully saturated rings. The van der Waals surface area contributed by atoms with Gasteiger partial charge < -0.3 is 5.32 Å². The summed E-state index contributed by atoms with van der Waals surface area (Å²) in [6, 6.07) is 7.56. The van der Waals surface area contributed by atoms with Crippen LogP contribution in [0, 0.1) is 0 Å². The molecule has 2 rings (SSSR count). The van der Waals surface area contributed by atoms with Crippen molar-refractivity contribution in [2.45, 2.75) is 32.9 Å². The van der Waals surface area contributed by atoms with Gasteiger partial charge in [0.05, 0.1) is 0 Å². The minimum atomic E-state index is 0.0889. The molecule has 19 heavy (non-hydrogen) atoms. The monoisotopic (exact) mass is 275 g/mol. The van der Waals surface area contributed by atoms with Crippen LogP contribution in [0.2, 0.25) is 5.02 Å². The van der Waals surface area contributed by atoms with E-state index < -0.39 is 0 Å². The molecule has 0 saturated heterocycles. The fourth-order valence-corrected chi connectivity index (χ4v) is 1.78. The van der Waals surface area contributed by atoms with Gasteiger partial charge >= 0.3 is 0 Å². The van der Waals surface area contributed by atoms with E-state index in [9.17, 15) is 0 Å². The van der Waals surface area contributed by atoms with Crippen LogP contribution in [0.3, 0.4) is 0 Å². The molecule has 0 bridgehead atoms. The predicted octanol–water partition coefficient (Wildman–Crippen LogP) is 3.69. The van der Waals surface area contributed by atoms with Crippen molar-refractivity contribution in [3.63, 3.8) is 0 Å². The quantitative estimate of drug-likeness (QED) is 0.928. The first-order valence-electron chi connectivity index (χ1n) is 6.26. The molecule has 1 N–H and O–H groups in total. The lowest BCUT2D eigenvalue weighted by atomic mass is 10.1. The van der Waals surface area contributed by atoms with E-state index in [0.717, 1.165) is 17.7 Å². The highest BCUT2D eigenvalue weighted by atomic mass is 35.5. The number of nitrogens with zero attached hydrogens (tertiary/aromatic N) is 2. The third kappa shape index (κ3) is 4.30. The molecular formula is C15H18ClN3. The Labute approximate surface area is 119 Å². The highest BCUT2D eigenvalue weighted by Gasteiger charge is 2.09. The average Bonchev–Trinajstić information content (AvgIpc) is 2.36. The summed E-state index contributed by atoms with van der Waals surface area (Å²) in [5, 5.41) is 4.10. The first kappa shape index (κ1) is 14.0. The van der Waals surface area contributed by atoms with Crippen LogP contribution in [0.1, 0.15) is 26.3 Å². The second-order valence-corrected chi connectivity index (χ2v) is 5.97. The van der Waals surface area contributed by atoms with Crippen LogP contribution >= 0.6 is 11.6 Å². The van der Waals surface area contributed by atoms with Crippen LogP contribution < -0.4 is 5.32 Å². The van der Waals surface area contributed by atoms with E-state index in [1.54, 1.807) is 0 Å². The molecule has 1 aromatic carbocycles. The van der Waals surface area contributed by atoms with Crippen LogP contribution in [0.5, 0.6) is 0 Å². The summed E-state index contributed by atoms with van der Waals surface area (Å²) in [5.41, 5.74) is 2.09. The molecule has 0 radical (unpaired) electrons. The van der Waals surface area contributed by atoms with E-state index in [0.29, 0.717) is 10.8 Å². The first-order chi connectivity index (χ1) is 8.94. The Bertz CT molecular complexity index is 544. The van der Waals surface area contributed by atoms with Crippen molar-refractivity contribution in [2.75, 3.05) is 0 Å². The van der Waals surface area contributed by atoms with E-state index in [-0.39, 0.29) is 5.54 Å². The fourth-order valence-electron chi connectivity index (χ4n) is 1.59. The number of hydrogen-bond donors (Lipinski definition) is 1. The van der Waals surface area contributed by atoms with Crippen molar-refractivity contribution in [2.24, 2.45) is 0 Å². The third-order valence-electron chi connectivity index (χ3n) is 2.61. The number of nitrogens with one attached hydrogen (secondary N) is 1. The fraction of sp³-hybridized carbons (Fsp3) is 0.333. The van der Waals surface area contributed by atoms with Crippen molar-refractivity contribution in [3.8, 4) is 11.4 Å². The summed E-state index contributed by atoms with van der Waals surface area (Å²) in [4.78, 5) is 8.76. The molecule has 0 atom stereocenters. The summed E-state index contributed by atoms with van der Waals surface area (Å²) in [6.45, 7) is 7.16. The summed E-state index contributed by atoms with van der Waals surface area (Å²) in [7, 11) is 0. The van der Waals surface area contributed by atoms with E-state index >= 15 is 0 Å². The zero-order valence-corrected chi connectivity index (χ0v) is 12.2. The molecule has 100 valence electrons. The molecule has 4 heteroatoms. The van der Waals surface area contributed by atoms with Gasteiger partial charge in [-0.1, -0.05) is 23.7 Å². The van der Waals surface area contributed by atoms with Crippen molar-refractivity contribution in [3.05, 3.63) is 47.2 Å². The van der Waals surface area contributed by atoms with Crippen LogP contribution in [0.25, 0.3) is 11.4 Å². The largest absolute Gasteiger partial charge is 0.308 e. The Hall–Kier alpha value is -1.45. The van der Waals surface area contributed by atoms with E-state index in [1.807, 2.05) is 36.7 Å². The maximum atomic E-state index is 5.96. The molecule has 1 aromatic heterocycles. The molecule has 0 saturated carbocycles. The van der Waals surface area contributed by atoms with Crippen LogP contribution in [0.4, 0.5) is 0 Å². The third-order valence-corrected chi connectivity index (χ3v) is 2.85. The van der Waals surface area contributed by atoms with Gasteiger partial charge in [-0.3, -0.25) is 0 Å². The summed E-state index contributed by atoms with van der Waals surface area (Å²) < 4.78 is 0. The maximum absolute atomic E-state index is 5.96. The van der Waals surface area contributed by atoms with Crippen molar-refractivity contribution >= 4 is 11.6 Å². The molecule has 0 aliphatic rings. The smallest absolute Gasteiger partial charge is 0.159 e. The second-order valence-electron chi connectivity index (χ2n) is 5.53. The number of benzene rings is 1. The Morgan fingerprint density at radius 3 is 2.42 bits per heavy atom. The normalized spacial score (nSPS) is 11.6. The number of aromatic nitrogens is 2. The first-order valence-corrected chi connectivity index (χ1v) is 6.64. The van der Waals surface area contributed by atoms with Gasteiger partial charge in [0, 0.05) is 40.6 Å². The lowest BCUT2D eigenvalue weighted by Crippen LogP contribution is -2.35. The summed E-state index contributed by atoms with van der Waals surface area (Å²) in [5.74, 6) is 0.696. The zero-order valence-electron chi connectivity index (χ0n) is 11.4. The zero-order chi connectivity index (χ0) is 13.9. The molecule has 0 amide bonds. The minimum absolute atomic E-state index is 0.0889. The highest BCUT2D eigenvalue weighted by molar-refractivity contribution is 6.30. The predicted molar refractivity (Wildman–Crippen MR) is 79.1 cm³/mol. The van der Waals surface area contributed by atoms with Crippen LogP contribution in [-0.2, 0) is 6.54 Å². The molecule has 0 spiro atoms. The molecule has 0 aliphatic carbocycles. The molecule has 0 unspecified atom stereocenters. The van der Waals surface area contributed by atoms with Gasteiger partial charge in [0.25, 0.3) is 0 Å². The lowest BCUT2D eigenvalue weighted by Gasteiger charge is -2.20. The Morgan fingerprint density at radius 2 is 1.84 bits per heavy atom. The topological polar surface area (TPSA) is 37.8 Å². The van der Waals surface area contributed by atoms with Gasteiger partial charge in [0.1, 0.15) is 0 Å². The van der Waals surface area contributed by atoms with E-state index in [1.165, 1.54) is 0 Å². The van der Waals surface area contributed by atoms with Crippen molar-refractivity contribution in [1.82, 2.24) is 15.3 Å². The Balaban J connectivity index is 2.10. The summed E-state index contributed by atoms with van der Waals surface area (Å²) in [6.07, 6.45) is 3.70. The standard InChI is InChI=1S/C15H18ClN3/c1-15(2,3)19-10-11-8-17-14(18-9-11)12-5-4-6-13(16)7-12/h4-9,19H,10H2,1-3H3. The number of halogens is 1. The van der Waals surface area contributed by atoms with E-state index in [2.05, 4.69) is 36.1 Å². The maximum Gasteiger partial charge on any atom is 0.159 e. The molecule has 3 nitrogen and oxygen atoms in total. The molecule has 1 heterocycles. The molecule has 2 aromatic rings. The Morgan fingerprint density at radius 1 is 1.16 bits per heavy atom. The number of rotatable bonds is 3. The van der Waals surface area contributed by atoms with Gasteiger partial charge in [-0.15, -0.1) is 0 Å². The van der Waals surface area contributed by atoms with Gasteiger partial charge in [-0.2, -0.15) is 0 Å². The molecule has 0 aliphatic heterocycles. The van der Waals surface area contributed by atoms with E-state index in [4.69, 9.17) is 11.6 Å². The number of hydrogen-bond acceptors (Lipinski definition) is 3.